The van der Waals surface area contributed by atoms with Crippen molar-refractivity contribution in [2.24, 2.45) is 11.3 Å². The fourth-order valence-corrected chi connectivity index (χ4v) is 4.37. The first kappa shape index (κ1) is 14.6. The maximum Gasteiger partial charge on any atom is 0.309 e. The number of rotatable bonds is 3. The lowest BCUT2D eigenvalue weighted by Gasteiger charge is -2.43. The van der Waals surface area contributed by atoms with Gasteiger partial charge in [0.2, 0.25) is 0 Å². The average molecular weight is 287 g/mol. The summed E-state index contributed by atoms with van der Waals surface area (Å²) < 4.78 is 5.06. The molecule has 3 heteroatoms. The zero-order valence-electron chi connectivity index (χ0n) is 12.9. The van der Waals surface area contributed by atoms with Gasteiger partial charge >= 0.3 is 5.97 Å². The molecule has 0 aromatic heterocycles. The van der Waals surface area contributed by atoms with Crippen LogP contribution in [-0.2, 0) is 16.1 Å². The Morgan fingerprint density at radius 3 is 2.81 bits per heavy atom. The Morgan fingerprint density at radius 1 is 1.29 bits per heavy atom. The van der Waals surface area contributed by atoms with Crippen LogP contribution in [0.15, 0.2) is 30.3 Å². The van der Waals surface area contributed by atoms with Gasteiger partial charge in [0, 0.05) is 13.1 Å². The smallest absolute Gasteiger partial charge is 0.309 e. The summed E-state index contributed by atoms with van der Waals surface area (Å²) in [6.45, 7) is 3.18. The zero-order chi connectivity index (χ0) is 14.7. The summed E-state index contributed by atoms with van der Waals surface area (Å²) in [5.41, 5.74) is 1.53. The van der Waals surface area contributed by atoms with Crippen LogP contribution in [0.3, 0.4) is 0 Å². The van der Waals surface area contributed by atoms with Gasteiger partial charge in [-0.2, -0.15) is 0 Å². The van der Waals surface area contributed by atoms with E-state index in [0.717, 1.165) is 26.1 Å². The Bertz CT molecular complexity index is 487. The van der Waals surface area contributed by atoms with E-state index >= 15 is 0 Å². The van der Waals surface area contributed by atoms with E-state index in [1.54, 1.807) is 0 Å². The Hall–Kier alpha value is -1.35. The first-order valence-corrected chi connectivity index (χ1v) is 8.08. The summed E-state index contributed by atoms with van der Waals surface area (Å²) in [6, 6.07) is 10.6. The highest BCUT2D eigenvalue weighted by atomic mass is 16.5. The number of carbonyl (C=O) groups is 1. The van der Waals surface area contributed by atoms with E-state index in [1.807, 2.05) is 0 Å². The molecular weight excluding hydrogens is 262 g/mol. The van der Waals surface area contributed by atoms with Crippen LogP contribution in [-0.4, -0.2) is 31.1 Å². The number of esters is 1. The van der Waals surface area contributed by atoms with Gasteiger partial charge in [-0.25, -0.2) is 0 Å². The van der Waals surface area contributed by atoms with Crippen LogP contribution in [0.2, 0.25) is 0 Å². The molecule has 0 radical (unpaired) electrons. The summed E-state index contributed by atoms with van der Waals surface area (Å²) in [4.78, 5) is 14.6. The van der Waals surface area contributed by atoms with Gasteiger partial charge in [0.25, 0.3) is 0 Å². The molecule has 0 unspecified atom stereocenters. The lowest BCUT2D eigenvalue weighted by molar-refractivity contribution is -0.151. The zero-order valence-corrected chi connectivity index (χ0v) is 12.9. The van der Waals surface area contributed by atoms with Crippen molar-refractivity contribution in [1.82, 2.24) is 4.90 Å². The maximum absolute atomic E-state index is 12.1. The number of piperidine rings is 1. The van der Waals surface area contributed by atoms with E-state index in [0.29, 0.717) is 0 Å². The molecule has 0 amide bonds. The standard InChI is InChI=1S/C18H25NO2/c1-21-17(20)16-9-5-10-18(16)11-6-12-19(14-18)13-15-7-3-2-4-8-15/h2-4,7-8,16H,5-6,9-14H2,1H3/t16-,18+/m0/s1. The normalized spacial score (nSPS) is 29.7. The molecule has 21 heavy (non-hydrogen) atoms. The highest BCUT2D eigenvalue weighted by Gasteiger charge is 2.49. The van der Waals surface area contributed by atoms with E-state index in [-0.39, 0.29) is 17.3 Å². The minimum atomic E-state index is 0.00839. The molecule has 2 aliphatic rings. The number of hydrogen-bond acceptors (Lipinski definition) is 3. The van der Waals surface area contributed by atoms with E-state index in [2.05, 4.69) is 35.2 Å². The van der Waals surface area contributed by atoms with Gasteiger partial charge in [-0.05, 0) is 43.2 Å². The molecule has 1 saturated carbocycles. The van der Waals surface area contributed by atoms with Crippen LogP contribution in [0.1, 0.15) is 37.7 Å². The van der Waals surface area contributed by atoms with Crippen molar-refractivity contribution < 1.29 is 9.53 Å². The van der Waals surface area contributed by atoms with E-state index in [9.17, 15) is 4.79 Å². The van der Waals surface area contributed by atoms with Crippen molar-refractivity contribution in [2.75, 3.05) is 20.2 Å². The summed E-state index contributed by atoms with van der Waals surface area (Å²) >= 11 is 0. The van der Waals surface area contributed by atoms with Crippen LogP contribution in [0, 0.1) is 11.3 Å². The summed E-state index contributed by atoms with van der Waals surface area (Å²) in [5.74, 6) is 0.120. The summed E-state index contributed by atoms with van der Waals surface area (Å²) in [6.07, 6.45) is 5.72. The number of hydrogen-bond donors (Lipinski definition) is 0. The number of nitrogens with zero attached hydrogens (tertiary/aromatic N) is 1. The molecule has 0 bridgehead atoms. The monoisotopic (exact) mass is 287 g/mol. The van der Waals surface area contributed by atoms with Gasteiger partial charge in [0.1, 0.15) is 0 Å². The predicted molar refractivity (Wildman–Crippen MR) is 82.7 cm³/mol. The third-order valence-corrected chi connectivity index (χ3v) is 5.33. The second-order valence-corrected chi connectivity index (χ2v) is 6.63. The van der Waals surface area contributed by atoms with E-state index in [1.165, 1.54) is 38.4 Å². The fourth-order valence-electron chi connectivity index (χ4n) is 4.37. The third kappa shape index (κ3) is 2.98. The molecule has 1 spiro atoms. The maximum atomic E-state index is 12.1. The molecule has 3 nitrogen and oxygen atoms in total. The molecular formula is C18H25NO2. The van der Waals surface area contributed by atoms with E-state index < -0.39 is 0 Å². The van der Waals surface area contributed by atoms with Crippen molar-refractivity contribution >= 4 is 5.97 Å². The Labute approximate surface area is 127 Å². The Morgan fingerprint density at radius 2 is 2.05 bits per heavy atom. The van der Waals surface area contributed by atoms with Gasteiger partial charge in [-0.3, -0.25) is 9.69 Å². The van der Waals surface area contributed by atoms with Gasteiger partial charge in [-0.15, -0.1) is 0 Å². The Kier molecular flexibility index (Phi) is 4.29. The second-order valence-electron chi connectivity index (χ2n) is 6.63. The van der Waals surface area contributed by atoms with E-state index in [4.69, 9.17) is 4.74 Å². The van der Waals surface area contributed by atoms with Gasteiger partial charge < -0.3 is 4.74 Å². The average Bonchev–Trinajstić information content (AvgIpc) is 2.90. The molecule has 2 atom stereocenters. The van der Waals surface area contributed by atoms with Gasteiger partial charge in [0.15, 0.2) is 0 Å². The first-order valence-electron chi connectivity index (χ1n) is 8.08. The van der Waals surface area contributed by atoms with Crippen LogP contribution in [0.25, 0.3) is 0 Å². The highest BCUT2D eigenvalue weighted by Crippen LogP contribution is 2.49. The second kappa shape index (κ2) is 6.18. The quantitative estimate of drug-likeness (QED) is 0.799. The lowest BCUT2D eigenvalue weighted by Crippen LogP contribution is -2.46. The first-order chi connectivity index (χ1) is 10.2. The predicted octanol–water partition coefficient (Wildman–Crippen LogP) is 3.24. The lowest BCUT2D eigenvalue weighted by atomic mass is 9.72. The minimum Gasteiger partial charge on any atom is -0.469 e. The summed E-state index contributed by atoms with van der Waals surface area (Å²) in [7, 11) is 1.53. The molecule has 1 heterocycles. The number of carbonyl (C=O) groups excluding carboxylic acids is 1. The SMILES string of the molecule is COC(=O)[C@@H]1CCC[C@]12CCCN(Cc1ccccc1)C2. The molecule has 1 aliphatic carbocycles. The molecule has 3 rings (SSSR count). The van der Waals surface area contributed by atoms with Crippen LogP contribution in [0.5, 0.6) is 0 Å². The topological polar surface area (TPSA) is 29.5 Å². The minimum absolute atomic E-state index is 0.00839. The summed E-state index contributed by atoms with van der Waals surface area (Å²) in [5, 5.41) is 0. The number of likely N-dealkylation sites (tertiary alicyclic amines) is 1. The molecule has 1 aliphatic heterocycles. The highest BCUT2D eigenvalue weighted by molar-refractivity contribution is 5.73. The van der Waals surface area contributed by atoms with Crippen LogP contribution in [0.4, 0.5) is 0 Å². The number of benzene rings is 1. The largest absolute Gasteiger partial charge is 0.469 e. The molecule has 0 N–H and O–H groups in total. The van der Waals surface area contributed by atoms with Gasteiger partial charge in [0.05, 0.1) is 13.0 Å². The Balaban J connectivity index is 1.71. The van der Waals surface area contributed by atoms with Crippen molar-refractivity contribution in [3.05, 3.63) is 35.9 Å². The van der Waals surface area contributed by atoms with Crippen molar-refractivity contribution in [1.29, 1.82) is 0 Å². The molecule has 114 valence electrons. The molecule has 1 aromatic carbocycles. The van der Waals surface area contributed by atoms with Gasteiger partial charge in [-0.1, -0.05) is 36.8 Å². The van der Waals surface area contributed by atoms with Crippen molar-refractivity contribution in [2.45, 2.75) is 38.6 Å². The van der Waals surface area contributed by atoms with Crippen molar-refractivity contribution in [3.8, 4) is 0 Å². The number of ether oxygens (including phenoxy) is 1. The molecule has 1 aromatic rings. The number of methoxy groups -OCH3 is 1. The molecule has 1 saturated heterocycles. The van der Waals surface area contributed by atoms with Crippen LogP contribution >= 0.6 is 0 Å². The fraction of sp³-hybridized carbons (Fsp3) is 0.611. The third-order valence-electron chi connectivity index (χ3n) is 5.33. The van der Waals surface area contributed by atoms with Crippen molar-refractivity contribution in [3.63, 3.8) is 0 Å². The molecule has 2 fully saturated rings. The van der Waals surface area contributed by atoms with Crippen LogP contribution < -0.4 is 0 Å².